The number of hydrogen-bond acceptors (Lipinski definition) is 5. The van der Waals surface area contributed by atoms with Gasteiger partial charge in [-0.15, -0.1) is 0 Å². The Balaban J connectivity index is 1.32. The molecule has 6 heteroatoms. The van der Waals surface area contributed by atoms with Crippen molar-refractivity contribution in [1.29, 1.82) is 0 Å². The van der Waals surface area contributed by atoms with Gasteiger partial charge in [-0.3, -0.25) is 0 Å². The summed E-state index contributed by atoms with van der Waals surface area (Å²) in [5.74, 6) is 0.633. The van der Waals surface area contributed by atoms with Crippen LogP contribution in [0.2, 0.25) is 0 Å². The van der Waals surface area contributed by atoms with E-state index in [0.717, 1.165) is 21.1 Å². The maximum atomic E-state index is 13.5. The van der Waals surface area contributed by atoms with Crippen molar-refractivity contribution >= 4 is 74.7 Å². The van der Waals surface area contributed by atoms with Crippen LogP contribution >= 0.6 is 11.3 Å². The van der Waals surface area contributed by atoms with Crippen molar-refractivity contribution in [3.8, 4) is 0 Å². The first-order valence-electron chi connectivity index (χ1n) is 13.0. The normalized spacial score (nSPS) is 18.8. The maximum absolute atomic E-state index is 13.5. The van der Waals surface area contributed by atoms with Crippen molar-refractivity contribution < 1.29 is 9.59 Å². The first-order valence-corrected chi connectivity index (χ1v) is 16.4. The molecule has 4 nitrogen and oxygen atoms in total. The number of allylic oxidation sites excluding steroid dienone is 1. The average molecular weight is 640 g/mol. The van der Waals surface area contributed by atoms with Crippen molar-refractivity contribution in [2.75, 3.05) is 4.90 Å². The van der Waals surface area contributed by atoms with Gasteiger partial charge in [0.25, 0.3) is 0 Å². The van der Waals surface area contributed by atoms with E-state index in [1.807, 2.05) is 30.5 Å². The van der Waals surface area contributed by atoms with Crippen molar-refractivity contribution in [3.63, 3.8) is 0 Å². The second kappa shape index (κ2) is 7.67. The molecule has 1 aliphatic carbocycles. The van der Waals surface area contributed by atoms with Crippen LogP contribution in [0, 0.1) is 0 Å². The van der Waals surface area contributed by atoms with E-state index in [0.29, 0.717) is 11.1 Å². The molecule has 0 saturated heterocycles. The summed E-state index contributed by atoms with van der Waals surface area (Å²) in [7, 11) is 0. The molecule has 5 aromatic rings. The number of para-hydroxylation sites is 1. The Bertz CT molecular complexity index is 1920. The van der Waals surface area contributed by atoms with Crippen molar-refractivity contribution in [1.82, 2.24) is 4.98 Å². The monoisotopic (exact) mass is 642 g/mol. The van der Waals surface area contributed by atoms with Crippen LogP contribution in [-0.2, 0) is 10.8 Å². The fourth-order valence-electron chi connectivity index (χ4n) is 6.59. The van der Waals surface area contributed by atoms with Crippen LogP contribution in [0.25, 0.3) is 14.9 Å². The number of rotatable bonds is 1. The summed E-state index contributed by atoms with van der Waals surface area (Å²) >= 11 is 1.22. The van der Waals surface area contributed by atoms with E-state index in [1.54, 1.807) is 11.3 Å². The van der Waals surface area contributed by atoms with Gasteiger partial charge in [-0.05, 0) is 6.07 Å². The number of nitrogens with zero attached hydrogens (tertiary/aromatic N) is 2. The third kappa shape index (κ3) is 2.97. The van der Waals surface area contributed by atoms with Gasteiger partial charge in [-0.25, -0.2) is 0 Å². The number of anilines is 3. The summed E-state index contributed by atoms with van der Waals surface area (Å²) in [6.45, 7) is 9.08. The second-order valence-corrected chi connectivity index (χ2v) is 15.4. The molecule has 0 amide bonds. The molecule has 2 aromatic carbocycles. The Kier molecular flexibility index (Phi) is 4.63. The third-order valence-corrected chi connectivity index (χ3v) is 12.3. The molecule has 190 valence electrons. The molecule has 3 aliphatic rings. The third-order valence-electron chi connectivity index (χ3n) is 8.74. The van der Waals surface area contributed by atoms with E-state index < -0.39 is 20.4 Å². The Labute approximate surface area is 240 Å². The molecule has 39 heavy (non-hydrogen) atoms. The van der Waals surface area contributed by atoms with Crippen LogP contribution in [0.1, 0.15) is 75.5 Å². The van der Waals surface area contributed by atoms with Gasteiger partial charge in [0.15, 0.2) is 0 Å². The predicted octanol–water partition coefficient (Wildman–Crippen LogP) is 7.56. The standard InChI is InChI=1S/C33H24N2O2STe/c1-32(2)22-7-5-8-23-27(22)35(30-24(32)9-6-11-34-30)31-25(33(23,3)4)15-18(38-31)14-21-28(36)19-13-17-10-12-39-26(17)16-20(19)29(21)37/h5-16H,1-4H3/b21-14-. The molecule has 2 aliphatic heterocycles. The van der Waals surface area contributed by atoms with E-state index in [-0.39, 0.29) is 28.0 Å². The summed E-state index contributed by atoms with van der Waals surface area (Å²) in [5.41, 5.74) is 7.07. The molecule has 5 heterocycles. The molecule has 0 spiro atoms. The summed E-state index contributed by atoms with van der Waals surface area (Å²) in [4.78, 5) is 35.0. The number of pyridine rings is 1. The Morgan fingerprint density at radius 1 is 0.846 bits per heavy atom. The molecule has 0 radical (unpaired) electrons. The number of ketones is 2. The van der Waals surface area contributed by atoms with E-state index in [1.165, 1.54) is 31.3 Å². The molecule has 0 unspecified atom stereocenters. The summed E-state index contributed by atoms with van der Waals surface area (Å²) in [6.07, 6.45) is 3.68. The number of thiophene rings is 1. The van der Waals surface area contributed by atoms with Gasteiger partial charge in [0, 0.05) is 11.6 Å². The molecule has 0 bridgehead atoms. The Morgan fingerprint density at radius 2 is 1.54 bits per heavy atom. The molecule has 0 fully saturated rings. The Hall–Kier alpha value is -3.30. The molecular weight excluding hydrogens is 616 g/mol. The zero-order chi connectivity index (χ0) is 26.8. The van der Waals surface area contributed by atoms with Gasteiger partial charge in [0.1, 0.15) is 0 Å². The summed E-state index contributed by atoms with van der Waals surface area (Å²) in [6, 6.07) is 19.0. The van der Waals surface area contributed by atoms with Crippen LogP contribution in [0.3, 0.4) is 0 Å². The van der Waals surface area contributed by atoms with Gasteiger partial charge in [0.05, 0.1) is 0 Å². The second-order valence-electron chi connectivity index (χ2n) is 11.6. The zero-order valence-corrected chi connectivity index (χ0v) is 25.1. The zero-order valence-electron chi connectivity index (χ0n) is 22.0. The van der Waals surface area contributed by atoms with Crippen molar-refractivity contribution in [3.05, 3.63) is 109 Å². The van der Waals surface area contributed by atoms with Crippen LogP contribution in [-0.4, -0.2) is 37.0 Å². The number of benzene rings is 2. The number of hydrogen-bond donors (Lipinski definition) is 0. The molecule has 8 rings (SSSR count). The summed E-state index contributed by atoms with van der Waals surface area (Å²) < 4.78 is 3.44. The van der Waals surface area contributed by atoms with Crippen LogP contribution < -0.4 is 4.90 Å². The molecular formula is C33H24N2O2STe. The fraction of sp³-hybridized carbons (Fsp3) is 0.182. The first-order chi connectivity index (χ1) is 18.7. The van der Waals surface area contributed by atoms with Crippen LogP contribution in [0.15, 0.2) is 70.4 Å². The number of fused-ring (bicyclic) bond motifs is 6. The van der Waals surface area contributed by atoms with E-state index in [2.05, 4.69) is 73.1 Å². The van der Waals surface area contributed by atoms with Gasteiger partial charge in [-0.1, -0.05) is 32.0 Å². The van der Waals surface area contributed by atoms with E-state index >= 15 is 0 Å². The predicted molar refractivity (Wildman–Crippen MR) is 159 cm³/mol. The van der Waals surface area contributed by atoms with Gasteiger partial charge < -0.3 is 0 Å². The first kappa shape index (κ1) is 23.6. The van der Waals surface area contributed by atoms with Crippen LogP contribution in [0.4, 0.5) is 16.5 Å². The average Bonchev–Trinajstić information content (AvgIpc) is 3.62. The number of aromatic nitrogens is 1. The van der Waals surface area contributed by atoms with Crippen molar-refractivity contribution in [2.24, 2.45) is 0 Å². The molecule has 0 N–H and O–H groups in total. The minimum absolute atomic E-state index is 0.153. The molecule has 0 atom stereocenters. The molecule has 0 saturated carbocycles. The SMILES string of the molecule is CC1(C)c2cccnc2N2c3sc(/C=C4/C(=O)c5cc6cc[te]c6cc5C4=O)cc3C(C)(C)c3cccc1c32. The topological polar surface area (TPSA) is 50.3 Å². The number of carbonyl (C=O) groups excluding carboxylic acids is 2. The minimum atomic E-state index is -0.409. The number of carbonyl (C=O) groups is 2. The van der Waals surface area contributed by atoms with Crippen molar-refractivity contribution in [2.45, 2.75) is 38.5 Å². The fourth-order valence-corrected chi connectivity index (χ4v) is 10.2. The molecule has 3 aromatic heterocycles. The number of Topliss-reactive ketones (excluding diaryl/α,β-unsaturated/α-hetero) is 2. The Morgan fingerprint density at radius 3 is 2.31 bits per heavy atom. The van der Waals surface area contributed by atoms with E-state index in [4.69, 9.17) is 4.98 Å². The van der Waals surface area contributed by atoms with Gasteiger partial charge in [0.2, 0.25) is 0 Å². The summed E-state index contributed by atoms with van der Waals surface area (Å²) in [5, 5.41) is 2.20. The van der Waals surface area contributed by atoms with Gasteiger partial charge in [-0.2, -0.15) is 0 Å². The van der Waals surface area contributed by atoms with Gasteiger partial charge >= 0.3 is 192 Å². The van der Waals surface area contributed by atoms with E-state index in [9.17, 15) is 9.59 Å². The quantitative estimate of drug-likeness (QED) is 0.108. The van der Waals surface area contributed by atoms with Crippen LogP contribution in [0.5, 0.6) is 0 Å².